The molecular formula is C11H10N2O3. The predicted molar refractivity (Wildman–Crippen MR) is 57.2 cm³/mol. The van der Waals surface area contributed by atoms with Crippen LogP contribution in [0, 0.1) is 0 Å². The lowest BCUT2D eigenvalue weighted by Crippen LogP contribution is -2.01. The molecular weight excluding hydrogens is 208 g/mol. The van der Waals surface area contributed by atoms with Crippen LogP contribution in [-0.2, 0) is 6.54 Å². The van der Waals surface area contributed by atoms with E-state index in [1.54, 1.807) is 36.5 Å². The van der Waals surface area contributed by atoms with Gasteiger partial charge in [-0.25, -0.2) is 4.79 Å². The highest BCUT2D eigenvalue weighted by Gasteiger charge is 2.03. The Balaban J connectivity index is 2.04. The number of carbonyl (C=O) groups is 1. The van der Waals surface area contributed by atoms with Crippen molar-refractivity contribution in [2.24, 2.45) is 0 Å². The van der Waals surface area contributed by atoms with Crippen LogP contribution >= 0.6 is 0 Å². The molecule has 0 unspecified atom stereocenters. The molecule has 0 aliphatic rings. The van der Waals surface area contributed by atoms with Gasteiger partial charge in [-0.1, -0.05) is 11.2 Å². The lowest BCUT2D eigenvalue weighted by Gasteiger charge is -2.04. The van der Waals surface area contributed by atoms with Crippen molar-refractivity contribution in [3.63, 3.8) is 0 Å². The monoisotopic (exact) mass is 218 g/mol. The number of nitrogens with zero attached hydrogens (tertiary/aromatic N) is 1. The molecule has 1 aromatic heterocycles. The van der Waals surface area contributed by atoms with Crippen LogP contribution in [0.3, 0.4) is 0 Å². The summed E-state index contributed by atoms with van der Waals surface area (Å²) in [5, 5.41) is 15.4. The van der Waals surface area contributed by atoms with Crippen molar-refractivity contribution in [3.8, 4) is 0 Å². The fraction of sp³-hybridized carbons (Fsp3) is 0.0909. The number of rotatable bonds is 4. The molecule has 0 aliphatic heterocycles. The molecule has 2 aromatic rings. The summed E-state index contributed by atoms with van der Waals surface area (Å²) in [5.74, 6) is -0.246. The molecule has 0 radical (unpaired) electrons. The van der Waals surface area contributed by atoms with E-state index in [1.807, 2.05) is 0 Å². The second-order valence-corrected chi connectivity index (χ2v) is 3.22. The highest BCUT2D eigenvalue weighted by atomic mass is 16.5. The first-order chi connectivity index (χ1) is 7.75. The Hall–Kier alpha value is -2.30. The fourth-order valence-electron chi connectivity index (χ4n) is 1.28. The van der Waals surface area contributed by atoms with E-state index >= 15 is 0 Å². The summed E-state index contributed by atoms with van der Waals surface area (Å²) in [4.78, 5) is 10.7. The van der Waals surface area contributed by atoms with Crippen molar-refractivity contribution in [1.82, 2.24) is 5.16 Å². The van der Waals surface area contributed by atoms with Crippen molar-refractivity contribution >= 4 is 11.7 Å². The van der Waals surface area contributed by atoms with Crippen LogP contribution in [0.15, 0.2) is 41.1 Å². The molecule has 5 heteroatoms. The summed E-state index contributed by atoms with van der Waals surface area (Å²) < 4.78 is 4.90. The first kappa shape index (κ1) is 10.2. The minimum absolute atomic E-state index is 0.252. The number of anilines is 1. The second kappa shape index (κ2) is 4.48. The maximum absolute atomic E-state index is 10.7. The van der Waals surface area contributed by atoms with Gasteiger partial charge >= 0.3 is 5.97 Å². The van der Waals surface area contributed by atoms with E-state index < -0.39 is 5.97 Å². The number of carboxylic acid groups (broad SMARTS) is 1. The van der Waals surface area contributed by atoms with Gasteiger partial charge in [0.15, 0.2) is 5.76 Å². The van der Waals surface area contributed by atoms with Crippen LogP contribution in [-0.4, -0.2) is 16.2 Å². The van der Waals surface area contributed by atoms with Gasteiger partial charge in [0.05, 0.1) is 18.3 Å². The topological polar surface area (TPSA) is 75.4 Å². The first-order valence-corrected chi connectivity index (χ1v) is 4.72. The van der Waals surface area contributed by atoms with Crippen molar-refractivity contribution in [2.75, 3.05) is 5.32 Å². The highest BCUT2D eigenvalue weighted by molar-refractivity contribution is 5.88. The maximum atomic E-state index is 10.7. The highest BCUT2D eigenvalue weighted by Crippen LogP contribution is 2.12. The Bertz CT molecular complexity index is 480. The standard InChI is InChI=1S/C11H10N2O3/c14-11(15)8-2-1-3-9(6-8)12-7-10-4-5-13-16-10/h1-6,12H,7H2,(H,14,15). The molecule has 2 rings (SSSR count). The van der Waals surface area contributed by atoms with E-state index in [0.29, 0.717) is 12.3 Å². The van der Waals surface area contributed by atoms with Gasteiger partial charge in [0.2, 0.25) is 0 Å². The number of aromatic nitrogens is 1. The summed E-state index contributed by atoms with van der Waals surface area (Å²) in [7, 11) is 0. The number of hydrogen-bond acceptors (Lipinski definition) is 4. The molecule has 1 aromatic carbocycles. The normalized spacial score (nSPS) is 10.0. The average Bonchev–Trinajstić information content (AvgIpc) is 2.79. The molecule has 0 bridgehead atoms. The number of carboxylic acids is 1. The summed E-state index contributed by atoms with van der Waals surface area (Å²) >= 11 is 0. The molecule has 82 valence electrons. The van der Waals surface area contributed by atoms with Gasteiger partial charge in [-0.2, -0.15) is 0 Å². The Morgan fingerprint density at radius 3 is 3.00 bits per heavy atom. The lowest BCUT2D eigenvalue weighted by atomic mass is 10.2. The summed E-state index contributed by atoms with van der Waals surface area (Å²) in [5.41, 5.74) is 0.985. The van der Waals surface area contributed by atoms with Gasteiger partial charge in [0, 0.05) is 11.8 Å². The Morgan fingerprint density at radius 2 is 2.31 bits per heavy atom. The largest absolute Gasteiger partial charge is 0.478 e. The van der Waals surface area contributed by atoms with Crippen LogP contribution in [0.5, 0.6) is 0 Å². The quantitative estimate of drug-likeness (QED) is 0.820. The zero-order valence-corrected chi connectivity index (χ0v) is 8.38. The molecule has 0 spiro atoms. The number of aromatic carboxylic acids is 1. The van der Waals surface area contributed by atoms with E-state index in [4.69, 9.17) is 9.63 Å². The Kier molecular flexibility index (Phi) is 2.86. The molecule has 0 amide bonds. The summed E-state index contributed by atoms with van der Waals surface area (Å²) in [6.07, 6.45) is 1.56. The zero-order chi connectivity index (χ0) is 11.4. The SMILES string of the molecule is O=C(O)c1cccc(NCc2ccno2)c1. The fourth-order valence-corrected chi connectivity index (χ4v) is 1.28. The van der Waals surface area contributed by atoms with Gasteiger partial charge in [-0.15, -0.1) is 0 Å². The third-order valence-electron chi connectivity index (χ3n) is 2.07. The number of benzene rings is 1. The first-order valence-electron chi connectivity index (χ1n) is 4.72. The van der Waals surface area contributed by atoms with E-state index in [-0.39, 0.29) is 5.56 Å². The molecule has 1 heterocycles. The van der Waals surface area contributed by atoms with Crippen LogP contribution in [0.4, 0.5) is 5.69 Å². The van der Waals surface area contributed by atoms with Gasteiger partial charge in [-0.3, -0.25) is 0 Å². The van der Waals surface area contributed by atoms with Crippen molar-refractivity contribution in [2.45, 2.75) is 6.54 Å². The van der Waals surface area contributed by atoms with Crippen LogP contribution in [0.1, 0.15) is 16.1 Å². The molecule has 0 aliphatic carbocycles. The van der Waals surface area contributed by atoms with E-state index in [9.17, 15) is 4.79 Å². The summed E-state index contributed by atoms with van der Waals surface area (Å²) in [6.45, 7) is 0.475. The van der Waals surface area contributed by atoms with Crippen LogP contribution in [0.2, 0.25) is 0 Å². The molecule has 5 nitrogen and oxygen atoms in total. The van der Waals surface area contributed by atoms with Crippen molar-refractivity contribution in [3.05, 3.63) is 47.9 Å². The van der Waals surface area contributed by atoms with E-state index in [2.05, 4.69) is 10.5 Å². The lowest BCUT2D eigenvalue weighted by molar-refractivity contribution is 0.0697. The minimum atomic E-state index is -0.941. The van der Waals surface area contributed by atoms with Gasteiger partial charge in [0.25, 0.3) is 0 Å². The minimum Gasteiger partial charge on any atom is -0.478 e. The smallest absolute Gasteiger partial charge is 0.335 e. The van der Waals surface area contributed by atoms with Gasteiger partial charge < -0.3 is 14.9 Å². The summed E-state index contributed by atoms with van der Waals surface area (Å²) in [6, 6.07) is 8.34. The van der Waals surface area contributed by atoms with Crippen LogP contribution in [0.25, 0.3) is 0 Å². The second-order valence-electron chi connectivity index (χ2n) is 3.22. The number of nitrogens with one attached hydrogen (secondary N) is 1. The zero-order valence-electron chi connectivity index (χ0n) is 8.38. The van der Waals surface area contributed by atoms with E-state index in [1.165, 1.54) is 0 Å². The third kappa shape index (κ3) is 2.38. The van der Waals surface area contributed by atoms with E-state index in [0.717, 1.165) is 5.69 Å². The van der Waals surface area contributed by atoms with Crippen molar-refractivity contribution in [1.29, 1.82) is 0 Å². The van der Waals surface area contributed by atoms with Crippen molar-refractivity contribution < 1.29 is 14.4 Å². The van der Waals surface area contributed by atoms with Crippen LogP contribution < -0.4 is 5.32 Å². The Labute approximate surface area is 91.7 Å². The molecule has 0 fully saturated rings. The molecule has 16 heavy (non-hydrogen) atoms. The van der Waals surface area contributed by atoms with Gasteiger partial charge in [-0.05, 0) is 18.2 Å². The average molecular weight is 218 g/mol. The number of hydrogen-bond donors (Lipinski definition) is 2. The molecule has 0 saturated heterocycles. The predicted octanol–water partition coefficient (Wildman–Crippen LogP) is 1.98. The molecule has 0 saturated carbocycles. The maximum Gasteiger partial charge on any atom is 0.335 e. The molecule has 0 atom stereocenters. The van der Waals surface area contributed by atoms with Gasteiger partial charge in [0.1, 0.15) is 0 Å². The third-order valence-corrected chi connectivity index (χ3v) is 2.07. The molecule has 2 N–H and O–H groups in total. The Morgan fingerprint density at radius 1 is 1.44 bits per heavy atom.